The number of hydrogen-bond acceptors (Lipinski definition) is 6. The molecule has 0 unspecified atom stereocenters. The minimum atomic E-state index is -1.34. The van der Waals surface area contributed by atoms with Crippen molar-refractivity contribution in [3.63, 3.8) is 0 Å². The van der Waals surface area contributed by atoms with Crippen molar-refractivity contribution < 1.29 is 13.9 Å². The molecule has 0 amide bonds. The molecular weight excluding hydrogens is 429 g/mol. The predicted octanol–water partition coefficient (Wildman–Crippen LogP) is 3.30. The Kier molecular flexibility index (Phi) is 6.48. The summed E-state index contributed by atoms with van der Waals surface area (Å²) in [5.41, 5.74) is 5.39. The number of pyridine rings is 1. The van der Waals surface area contributed by atoms with E-state index in [2.05, 4.69) is 26.3 Å². The van der Waals surface area contributed by atoms with Gasteiger partial charge in [0.1, 0.15) is 0 Å². The van der Waals surface area contributed by atoms with E-state index in [0.717, 1.165) is 53.8 Å². The summed E-state index contributed by atoms with van der Waals surface area (Å²) in [4.78, 5) is 23.0. The van der Waals surface area contributed by atoms with Crippen molar-refractivity contribution in [1.82, 2.24) is 9.97 Å². The van der Waals surface area contributed by atoms with E-state index in [1.807, 2.05) is 13.1 Å². The third-order valence-electron chi connectivity index (χ3n) is 4.88. The second kappa shape index (κ2) is 8.66. The average molecular weight is 454 g/mol. The van der Waals surface area contributed by atoms with Crippen LogP contribution in [-0.2, 0) is 16.0 Å². The molecule has 1 aliphatic rings. The van der Waals surface area contributed by atoms with Gasteiger partial charge in [-0.25, -0.2) is 0 Å². The second-order valence-corrected chi connectivity index (χ2v) is 11.9. The fourth-order valence-corrected chi connectivity index (χ4v) is 6.89. The van der Waals surface area contributed by atoms with Crippen molar-refractivity contribution in [1.29, 1.82) is 0 Å². The fourth-order valence-electron chi connectivity index (χ4n) is 3.37. The number of carbonyl (C=O) groups is 1. The molecule has 0 bridgehead atoms. The summed E-state index contributed by atoms with van der Waals surface area (Å²) in [6, 6.07) is 0. The first-order valence-corrected chi connectivity index (χ1v) is 14.2. The van der Waals surface area contributed by atoms with Crippen LogP contribution in [0.5, 0.6) is 0 Å². The topological polar surface area (TPSA) is 68.5 Å². The molecule has 8 heteroatoms. The zero-order valence-electron chi connectivity index (χ0n) is 16.2. The van der Waals surface area contributed by atoms with E-state index in [0.29, 0.717) is 10.9 Å². The van der Waals surface area contributed by atoms with E-state index in [1.54, 1.807) is 6.20 Å². The molecule has 6 nitrogen and oxygen atoms in total. The predicted molar refractivity (Wildman–Crippen MR) is 108 cm³/mol. The molecule has 1 aliphatic heterocycles. The summed E-state index contributed by atoms with van der Waals surface area (Å²) in [6.07, 6.45) is 5.91. The van der Waals surface area contributed by atoms with Gasteiger partial charge in [-0.3, -0.25) is 0 Å². The Balaban J connectivity index is 1.90. The molecule has 0 N–H and O–H groups in total. The van der Waals surface area contributed by atoms with E-state index in [-0.39, 0.29) is 11.9 Å². The first-order valence-electron chi connectivity index (χ1n) is 9.09. The molecule has 3 rings (SSSR count). The first-order chi connectivity index (χ1) is 13.0. The molecule has 1 saturated heterocycles. The van der Waals surface area contributed by atoms with Gasteiger partial charge in [-0.05, 0) is 0 Å². The van der Waals surface area contributed by atoms with Gasteiger partial charge in [0.15, 0.2) is 0 Å². The zero-order valence-corrected chi connectivity index (χ0v) is 18.8. The Bertz CT molecular complexity index is 817. The van der Waals surface area contributed by atoms with Crippen molar-refractivity contribution >= 4 is 42.4 Å². The number of aryl methyl sites for hydroxylation is 1. The van der Waals surface area contributed by atoms with Crippen LogP contribution >= 0.6 is 11.6 Å². The first kappa shape index (κ1) is 20.2. The van der Waals surface area contributed by atoms with Crippen LogP contribution in [0.1, 0.15) is 25.5 Å². The van der Waals surface area contributed by atoms with Crippen molar-refractivity contribution in [2.75, 3.05) is 25.1 Å². The zero-order chi connectivity index (χ0) is 19.6. The summed E-state index contributed by atoms with van der Waals surface area (Å²) in [5, 5.41) is 0.699. The third kappa shape index (κ3) is 4.17. The number of ether oxygens (including phenoxy) is 1. The van der Waals surface area contributed by atoms with Crippen molar-refractivity contribution in [3.8, 4) is 11.5 Å². The summed E-state index contributed by atoms with van der Waals surface area (Å²) >= 11 is 5.49. The number of esters is 1. The van der Waals surface area contributed by atoms with Gasteiger partial charge in [0.2, 0.25) is 0 Å². The van der Waals surface area contributed by atoms with Crippen LogP contribution in [-0.4, -0.2) is 50.8 Å². The molecule has 2 aromatic rings. The summed E-state index contributed by atoms with van der Waals surface area (Å²) in [6.45, 7) is 3.52. The van der Waals surface area contributed by atoms with Crippen LogP contribution in [0.25, 0.3) is 11.5 Å². The Morgan fingerprint density at radius 3 is 2.59 bits per heavy atom. The standard InChI is InChI=1S/C19H25AsClN3O3/c1-5-13-10-23-18(27-13)14-11-22-17(16(21)15(14)20(2)3)24-8-6-12(7-9-24)19(25)26-4/h10-12H,5-9H2,1-4H3. The molecule has 0 atom stereocenters. The molecule has 0 aromatic carbocycles. The molecule has 2 aromatic heterocycles. The third-order valence-corrected chi connectivity index (χ3v) is 8.38. The van der Waals surface area contributed by atoms with E-state index in [1.165, 1.54) is 7.11 Å². The van der Waals surface area contributed by atoms with Crippen LogP contribution in [0.2, 0.25) is 16.4 Å². The van der Waals surface area contributed by atoms with E-state index >= 15 is 0 Å². The van der Waals surface area contributed by atoms with Crippen LogP contribution in [0.3, 0.4) is 0 Å². The maximum absolute atomic E-state index is 11.8. The van der Waals surface area contributed by atoms with Gasteiger partial charge < -0.3 is 0 Å². The molecule has 0 saturated carbocycles. The Morgan fingerprint density at radius 1 is 1.33 bits per heavy atom. The van der Waals surface area contributed by atoms with E-state index < -0.39 is 14.7 Å². The molecule has 27 heavy (non-hydrogen) atoms. The molecule has 0 spiro atoms. The summed E-state index contributed by atoms with van der Waals surface area (Å²) < 4.78 is 11.9. The van der Waals surface area contributed by atoms with Crippen LogP contribution in [0, 0.1) is 5.92 Å². The molecule has 0 aliphatic carbocycles. The quantitative estimate of drug-likeness (QED) is 0.511. The van der Waals surface area contributed by atoms with Gasteiger partial charge in [0, 0.05) is 0 Å². The van der Waals surface area contributed by atoms with Gasteiger partial charge >= 0.3 is 170 Å². The van der Waals surface area contributed by atoms with Crippen LogP contribution in [0.15, 0.2) is 16.8 Å². The SMILES string of the molecule is CCc1cnc(-c2cnc(N3CCC(C(=O)OC)CC3)c(Cl)c2[As](C)C)o1. The van der Waals surface area contributed by atoms with Gasteiger partial charge in [-0.2, -0.15) is 0 Å². The Labute approximate surface area is 169 Å². The molecule has 146 valence electrons. The number of anilines is 1. The summed E-state index contributed by atoms with van der Waals surface area (Å²) in [5.74, 6) is 2.07. The van der Waals surface area contributed by atoms with Gasteiger partial charge in [0.25, 0.3) is 0 Å². The van der Waals surface area contributed by atoms with Gasteiger partial charge in [-0.1, -0.05) is 0 Å². The number of nitrogens with zero attached hydrogens (tertiary/aromatic N) is 3. The van der Waals surface area contributed by atoms with Crippen LogP contribution < -0.4 is 9.25 Å². The van der Waals surface area contributed by atoms with E-state index in [9.17, 15) is 4.79 Å². The van der Waals surface area contributed by atoms with Crippen molar-refractivity contribution in [3.05, 3.63) is 23.2 Å². The van der Waals surface area contributed by atoms with Gasteiger partial charge in [-0.15, -0.1) is 0 Å². The van der Waals surface area contributed by atoms with Crippen LogP contribution in [0.4, 0.5) is 5.82 Å². The number of piperidine rings is 1. The summed E-state index contributed by atoms with van der Waals surface area (Å²) in [7, 11) is 1.44. The number of rotatable bonds is 5. The number of halogens is 1. The maximum atomic E-state index is 11.8. The number of methoxy groups -OCH3 is 1. The number of aromatic nitrogens is 2. The van der Waals surface area contributed by atoms with Crippen molar-refractivity contribution in [2.45, 2.75) is 37.6 Å². The molecule has 0 radical (unpaired) electrons. The molecule has 3 heterocycles. The minimum absolute atomic E-state index is 0.0384. The number of hydrogen-bond donors (Lipinski definition) is 0. The molecule has 1 fully saturated rings. The average Bonchev–Trinajstić information content (AvgIpc) is 3.16. The number of oxazole rings is 1. The fraction of sp³-hybridized carbons (Fsp3) is 0.526. The van der Waals surface area contributed by atoms with Crippen molar-refractivity contribution in [2.24, 2.45) is 5.92 Å². The van der Waals surface area contributed by atoms with E-state index in [4.69, 9.17) is 20.8 Å². The normalized spacial score (nSPS) is 15.4. The van der Waals surface area contributed by atoms with Gasteiger partial charge in [0.05, 0.1) is 0 Å². The monoisotopic (exact) mass is 453 g/mol. The molecular formula is C19H25AsClN3O3. The Hall–Kier alpha value is -1.52. The Morgan fingerprint density at radius 2 is 2.04 bits per heavy atom. The number of carbonyl (C=O) groups excluding carboxylic acids is 1. The second-order valence-electron chi connectivity index (χ2n) is 6.82.